The third-order valence-corrected chi connectivity index (χ3v) is 3.73. The highest BCUT2D eigenvalue weighted by Crippen LogP contribution is 2.25. The number of aromatic nitrogens is 2. The van der Waals surface area contributed by atoms with Gasteiger partial charge in [0.25, 0.3) is 0 Å². The monoisotopic (exact) mass is 309 g/mol. The summed E-state index contributed by atoms with van der Waals surface area (Å²) in [4.78, 5) is 8.80. The predicted octanol–water partition coefficient (Wildman–Crippen LogP) is 3.99. The molecule has 1 aromatic carbocycles. The fraction of sp³-hybridized carbons (Fsp3) is 0.333. The van der Waals surface area contributed by atoms with Crippen molar-refractivity contribution in [1.82, 2.24) is 15.3 Å². The van der Waals surface area contributed by atoms with Gasteiger partial charge in [-0.25, -0.2) is 9.97 Å². The molecule has 0 saturated heterocycles. The minimum atomic E-state index is 0.0674. The Bertz CT molecular complexity index is 570. The van der Waals surface area contributed by atoms with Crippen molar-refractivity contribution in [2.75, 3.05) is 6.54 Å². The smallest absolute Gasteiger partial charge is 0.145 e. The van der Waals surface area contributed by atoms with Gasteiger partial charge >= 0.3 is 0 Å². The van der Waals surface area contributed by atoms with E-state index in [-0.39, 0.29) is 6.04 Å². The van der Waals surface area contributed by atoms with Crippen LogP contribution in [0.4, 0.5) is 0 Å². The second-order valence-corrected chi connectivity index (χ2v) is 5.50. The fourth-order valence-corrected chi connectivity index (χ4v) is 2.31. The number of aryl methyl sites for hydroxylation is 1. The molecule has 0 aliphatic heterocycles. The van der Waals surface area contributed by atoms with Gasteiger partial charge in [-0.2, -0.15) is 0 Å². The van der Waals surface area contributed by atoms with E-state index < -0.39 is 0 Å². The van der Waals surface area contributed by atoms with Crippen LogP contribution in [0.5, 0.6) is 0 Å². The zero-order valence-electron chi connectivity index (χ0n) is 11.5. The van der Waals surface area contributed by atoms with Crippen LogP contribution in [0.3, 0.4) is 0 Å². The number of nitrogens with one attached hydrogen (secondary N) is 1. The molecule has 0 fully saturated rings. The minimum Gasteiger partial charge on any atom is -0.307 e. The number of halogens is 2. The lowest BCUT2D eigenvalue weighted by Crippen LogP contribution is -2.25. The first-order chi connectivity index (χ1) is 9.60. The Morgan fingerprint density at radius 3 is 2.45 bits per heavy atom. The molecule has 3 nitrogen and oxygen atoms in total. The first-order valence-corrected chi connectivity index (χ1v) is 7.31. The summed E-state index contributed by atoms with van der Waals surface area (Å²) in [5.74, 6) is 0.795. The van der Waals surface area contributed by atoms with Crippen molar-refractivity contribution in [2.45, 2.75) is 26.3 Å². The molecule has 1 unspecified atom stereocenters. The number of hydrogen-bond donors (Lipinski definition) is 1. The van der Waals surface area contributed by atoms with Gasteiger partial charge in [0.1, 0.15) is 5.82 Å². The molecule has 0 saturated carbocycles. The van der Waals surface area contributed by atoms with Crippen LogP contribution in [0.2, 0.25) is 10.0 Å². The van der Waals surface area contributed by atoms with E-state index in [2.05, 4.69) is 22.2 Å². The molecule has 2 rings (SSSR count). The van der Waals surface area contributed by atoms with Crippen LogP contribution in [0, 0.1) is 6.92 Å². The van der Waals surface area contributed by atoms with E-state index in [1.807, 2.05) is 37.5 Å². The number of nitrogens with zero attached hydrogens (tertiary/aromatic N) is 2. The fourth-order valence-electron chi connectivity index (χ4n) is 1.99. The highest BCUT2D eigenvalue weighted by molar-refractivity contribution is 6.42. The molecule has 0 aliphatic carbocycles. The Labute approximate surface area is 129 Å². The van der Waals surface area contributed by atoms with E-state index in [0.717, 1.165) is 29.9 Å². The molecule has 1 heterocycles. The van der Waals surface area contributed by atoms with Crippen molar-refractivity contribution < 1.29 is 0 Å². The van der Waals surface area contributed by atoms with Crippen molar-refractivity contribution in [2.24, 2.45) is 0 Å². The third kappa shape index (κ3) is 3.92. The molecular weight excluding hydrogens is 293 g/mol. The van der Waals surface area contributed by atoms with Crippen LogP contribution >= 0.6 is 23.2 Å². The number of hydrogen-bond acceptors (Lipinski definition) is 3. The summed E-state index contributed by atoms with van der Waals surface area (Å²) in [5.41, 5.74) is 2.16. The van der Waals surface area contributed by atoms with Gasteiger partial charge in [0, 0.05) is 12.4 Å². The molecule has 1 atom stereocenters. The third-order valence-electron chi connectivity index (χ3n) is 2.99. The van der Waals surface area contributed by atoms with E-state index in [1.54, 1.807) is 0 Å². The van der Waals surface area contributed by atoms with Gasteiger partial charge in [-0.3, -0.25) is 0 Å². The van der Waals surface area contributed by atoms with Crippen LogP contribution in [0.1, 0.15) is 29.9 Å². The van der Waals surface area contributed by atoms with Crippen molar-refractivity contribution in [1.29, 1.82) is 0 Å². The van der Waals surface area contributed by atoms with Crippen molar-refractivity contribution in [3.05, 3.63) is 57.6 Å². The van der Waals surface area contributed by atoms with Gasteiger partial charge in [-0.15, -0.1) is 0 Å². The summed E-state index contributed by atoms with van der Waals surface area (Å²) in [6.07, 6.45) is 4.44. The lowest BCUT2D eigenvalue weighted by molar-refractivity contribution is 0.521. The zero-order chi connectivity index (χ0) is 14.5. The highest BCUT2D eigenvalue weighted by Gasteiger charge is 2.14. The summed E-state index contributed by atoms with van der Waals surface area (Å²) < 4.78 is 0. The Balaban J connectivity index is 2.20. The number of rotatable bonds is 5. The molecule has 1 N–H and O–H groups in total. The molecular formula is C15H17Cl2N3. The topological polar surface area (TPSA) is 37.8 Å². The summed E-state index contributed by atoms with van der Waals surface area (Å²) in [6, 6.07) is 5.76. The van der Waals surface area contributed by atoms with Gasteiger partial charge in [-0.1, -0.05) is 36.2 Å². The highest BCUT2D eigenvalue weighted by atomic mass is 35.5. The SMILES string of the molecule is CCNC(Cc1ccc(Cl)c(Cl)c1)c1ncc(C)cn1. The Kier molecular flexibility index (Phi) is 5.35. The molecule has 106 valence electrons. The van der Waals surface area contributed by atoms with Gasteiger partial charge in [0.15, 0.2) is 0 Å². The average molecular weight is 310 g/mol. The Morgan fingerprint density at radius 1 is 1.15 bits per heavy atom. The molecule has 0 spiro atoms. The van der Waals surface area contributed by atoms with E-state index in [1.165, 1.54) is 0 Å². The first-order valence-electron chi connectivity index (χ1n) is 6.56. The Hall–Kier alpha value is -1.16. The summed E-state index contributed by atoms with van der Waals surface area (Å²) in [6.45, 7) is 4.89. The minimum absolute atomic E-state index is 0.0674. The molecule has 2 aromatic rings. The first kappa shape index (κ1) is 15.2. The maximum Gasteiger partial charge on any atom is 0.145 e. The van der Waals surface area contributed by atoms with Crippen molar-refractivity contribution in [3.8, 4) is 0 Å². The molecule has 1 aromatic heterocycles. The van der Waals surface area contributed by atoms with Crippen LogP contribution in [0.15, 0.2) is 30.6 Å². The standard InChI is InChI=1S/C15H17Cl2N3/c1-3-18-14(15-19-8-10(2)9-20-15)7-11-4-5-12(16)13(17)6-11/h4-6,8-9,14,18H,3,7H2,1-2H3. The van der Waals surface area contributed by atoms with E-state index >= 15 is 0 Å². The van der Waals surface area contributed by atoms with Gasteiger partial charge in [0.05, 0.1) is 16.1 Å². The number of likely N-dealkylation sites (N-methyl/N-ethyl adjacent to an activating group) is 1. The predicted molar refractivity (Wildman–Crippen MR) is 83.4 cm³/mol. The van der Waals surface area contributed by atoms with Gasteiger partial charge < -0.3 is 5.32 Å². The van der Waals surface area contributed by atoms with Crippen molar-refractivity contribution in [3.63, 3.8) is 0 Å². The van der Waals surface area contributed by atoms with E-state index in [9.17, 15) is 0 Å². The maximum absolute atomic E-state index is 6.06. The summed E-state index contributed by atoms with van der Waals surface area (Å²) >= 11 is 12.0. The van der Waals surface area contributed by atoms with Crippen LogP contribution in [0.25, 0.3) is 0 Å². The molecule has 0 bridgehead atoms. The molecule has 5 heteroatoms. The summed E-state index contributed by atoms with van der Waals surface area (Å²) in [5, 5.41) is 4.54. The normalized spacial score (nSPS) is 12.4. The number of benzene rings is 1. The van der Waals surface area contributed by atoms with Gasteiger partial charge in [-0.05, 0) is 43.1 Å². The molecule has 0 aliphatic rings. The summed E-state index contributed by atoms with van der Waals surface area (Å²) in [7, 11) is 0. The zero-order valence-corrected chi connectivity index (χ0v) is 13.0. The van der Waals surface area contributed by atoms with Crippen molar-refractivity contribution >= 4 is 23.2 Å². The molecule has 0 amide bonds. The second-order valence-electron chi connectivity index (χ2n) is 4.68. The lowest BCUT2D eigenvalue weighted by atomic mass is 10.1. The van der Waals surface area contributed by atoms with Crippen LogP contribution < -0.4 is 5.32 Å². The second kappa shape index (κ2) is 7.02. The maximum atomic E-state index is 6.06. The van der Waals surface area contributed by atoms with Crippen LogP contribution in [-0.2, 0) is 6.42 Å². The Morgan fingerprint density at radius 2 is 1.85 bits per heavy atom. The largest absolute Gasteiger partial charge is 0.307 e. The van der Waals surface area contributed by atoms with E-state index in [0.29, 0.717) is 10.0 Å². The van der Waals surface area contributed by atoms with Crippen LogP contribution in [-0.4, -0.2) is 16.5 Å². The average Bonchev–Trinajstić information content (AvgIpc) is 2.43. The van der Waals surface area contributed by atoms with Gasteiger partial charge in [0.2, 0.25) is 0 Å². The van der Waals surface area contributed by atoms with E-state index in [4.69, 9.17) is 23.2 Å². The lowest BCUT2D eigenvalue weighted by Gasteiger charge is -2.17. The molecule has 20 heavy (non-hydrogen) atoms. The molecule has 0 radical (unpaired) electrons. The quantitative estimate of drug-likeness (QED) is 0.907.